The zero-order chi connectivity index (χ0) is 13.5. The standard InChI is InChI=1S/C14H12N2O3/c15-6-14(7-19-8-14)13(18)10-1-3-11-9(5-10)2-4-12(17)16-11/h1,3,5H,2,4,7-8H2,(H,16,17). The van der Waals surface area contributed by atoms with E-state index in [0.717, 1.165) is 11.3 Å². The Hall–Kier alpha value is -2.19. The number of nitrogens with one attached hydrogen (secondary N) is 1. The molecule has 3 rings (SSSR count). The maximum absolute atomic E-state index is 12.3. The Labute approximate surface area is 110 Å². The maximum Gasteiger partial charge on any atom is 0.224 e. The number of benzene rings is 1. The SMILES string of the molecule is N#CC1(C(=O)c2ccc3c(c2)CCC(=O)N3)COC1. The maximum atomic E-state index is 12.3. The fraction of sp³-hybridized carbons (Fsp3) is 0.357. The summed E-state index contributed by atoms with van der Waals surface area (Å²) in [5.74, 6) is -0.201. The molecule has 1 saturated heterocycles. The highest BCUT2D eigenvalue weighted by Crippen LogP contribution is 2.32. The number of fused-ring (bicyclic) bond motifs is 1. The number of carbonyl (C=O) groups excluding carboxylic acids is 2. The van der Waals surface area contributed by atoms with Crippen LogP contribution in [-0.4, -0.2) is 24.9 Å². The van der Waals surface area contributed by atoms with Crippen LogP contribution in [0.3, 0.4) is 0 Å². The highest BCUT2D eigenvalue weighted by atomic mass is 16.5. The molecule has 0 spiro atoms. The predicted octanol–water partition coefficient (Wildman–Crippen LogP) is 1.29. The van der Waals surface area contributed by atoms with E-state index in [9.17, 15) is 9.59 Å². The number of carbonyl (C=O) groups is 2. The zero-order valence-electron chi connectivity index (χ0n) is 10.2. The van der Waals surface area contributed by atoms with Crippen molar-refractivity contribution in [2.45, 2.75) is 12.8 Å². The Balaban J connectivity index is 1.93. The molecule has 1 amide bonds. The molecule has 0 atom stereocenters. The summed E-state index contributed by atoms with van der Waals surface area (Å²) >= 11 is 0. The molecule has 2 heterocycles. The van der Waals surface area contributed by atoms with Gasteiger partial charge in [-0.2, -0.15) is 5.26 Å². The number of hydrogen-bond acceptors (Lipinski definition) is 4. The number of rotatable bonds is 2. The number of ketones is 1. The van der Waals surface area contributed by atoms with E-state index < -0.39 is 5.41 Å². The van der Waals surface area contributed by atoms with E-state index in [1.165, 1.54) is 0 Å². The van der Waals surface area contributed by atoms with E-state index in [4.69, 9.17) is 10.00 Å². The summed E-state index contributed by atoms with van der Waals surface area (Å²) in [5.41, 5.74) is 1.19. The summed E-state index contributed by atoms with van der Waals surface area (Å²) < 4.78 is 5.00. The van der Waals surface area contributed by atoms with Gasteiger partial charge in [0.1, 0.15) is 0 Å². The molecule has 1 N–H and O–H groups in total. The molecule has 0 saturated carbocycles. The van der Waals surface area contributed by atoms with Gasteiger partial charge >= 0.3 is 0 Å². The van der Waals surface area contributed by atoms with Gasteiger partial charge in [0.25, 0.3) is 0 Å². The lowest BCUT2D eigenvalue weighted by atomic mass is 9.79. The van der Waals surface area contributed by atoms with Crippen LogP contribution in [0.2, 0.25) is 0 Å². The number of Topliss-reactive ketones (excluding diaryl/α,β-unsaturated/α-hetero) is 1. The second-order valence-corrected chi connectivity index (χ2v) is 4.94. The molecule has 0 unspecified atom stereocenters. The van der Waals surface area contributed by atoms with Crippen molar-refractivity contribution in [3.63, 3.8) is 0 Å². The molecule has 2 aliphatic heterocycles. The predicted molar refractivity (Wildman–Crippen MR) is 66.6 cm³/mol. The largest absolute Gasteiger partial charge is 0.377 e. The van der Waals surface area contributed by atoms with Crippen molar-refractivity contribution in [1.82, 2.24) is 0 Å². The molecule has 0 radical (unpaired) electrons. The van der Waals surface area contributed by atoms with Gasteiger partial charge in [-0.3, -0.25) is 9.59 Å². The van der Waals surface area contributed by atoms with Crippen LogP contribution in [0.5, 0.6) is 0 Å². The minimum atomic E-state index is -1.02. The van der Waals surface area contributed by atoms with Gasteiger partial charge in [-0.25, -0.2) is 0 Å². The summed E-state index contributed by atoms with van der Waals surface area (Å²) in [6.07, 6.45) is 1.05. The van der Waals surface area contributed by atoms with Gasteiger partial charge in [0.05, 0.1) is 19.3 Å². The first-order valence-electron chi connectivity index (χ1n) is 6.11. The number of ether oxygens (including phenoxy) is 1. The second kappa shape index (κ2) is 4.18. The Morgan fingerprint density at radius 2 is 2.16 bits per heavy atom. The van der Waals surface area contributed by atoms with Gasteiger partial charge in [-0.1, -0.05) is 0 Å². The van der Waals surface area contributed by atoms with Crippen LogP contribution in [0.15, 0.2) is 18.2 Å². The number of nitriles is 1. The van der Waals surface area contributed by atoms with E-state index >= 15 is 0 Å². The lowest BCUT2D eigenvalue weighted by molar-refractivity contribution is -0.116. The van der Waals surface area contributed by atoms with E-state index in [1.807, 2.05) is 0 Å². The molecular formula is C14H12N2O3. The van der Waals surface area contributed by atoms with E-state index in [0.29, 0.717) is 18.4 Å². The number of amides is 1. The Bertz CT molecular complexity index is 612. The molecule has 2 aliphatic rings. The Kier molecular flexibility index (Phi) is 2.61. The molecule has 1 aromatic rings. The molecule has 0 aliphatic carbocycles. The lowest BCUT2D eigenvalue weighted by Gasteiger charge is -2.33. The fourth-order valence-electron chi connectivity index (χ4n) is 2.35. The summed E-state index contributed by atoms with van der Waals surface area (Å²) in [5, 5.41) is 11.9. The van der Waals surface area contributed by atoms with Gasteiger partial charge in [-0.05, 0) is 30.2 Å². The normalized spacial score (nSPS) is 19.6. The van der Waals surface area contributed by atoms with Crippen molar-refractivity contribution >= 4 is 17.4 Å². The lowest BCUT2D eigenvalue weighted by Crippen LogP contribution is -2.47. The molecule has 1 aromatic carbocycles. The summed E-state index contributed by atoms with van der Waals surface area (Å²) in [6, 6.07) is 7.21. The summed E-state index contributed by atoms with van der Waals surface area (Å²) in [4.78, 5) is 23.6. The third-order valence-electron chi connectivity index (χ3n) is 3.61. The topological polar surface area (TPSA) is 79.2 Å². The van der Waals surface area contributed by atoms with Gasteiger partial charge < -0.3 is 10.1 Å². The smallest absolute Gasteiger partial charge is 0.224 e. The van der Waals surface area contributed by atoms with Gasteiger partial charge in [-0.15, -0.1) is 0 Å². The van der Waals surface area contributed by atoms with Gasteiger partial charge in [0, 0.05) is 17.7 Å². The monoisotopic (exact) mass is 256 g/mol. The quantitative estimate of drug-likeness (QED) is 0.809. The Morgan fingerprint density at radius 3 is 2.79 bits per heavy atom. The van der Waals surface area contributed by atoms with Crippen molar-refractivity contribution in [2.75, 3.05) is 18.5 Å². The van der Waals surface area contributed by atoms with Crippen molar-refractivity contribution in [3.8, 4) is 6.07 Å². The fourth-order valence-corrected chi connectivity index (χ4v) is 2.35. The Morgan fingerprint density at radius 1 is 1.37 bits per heavy atom. The number of aryl methyl sites for hydroxylation is 1. The highest BCUT2D eigenvalue weighted by molar-refractivity contribution is 6.04. The van der Waals surface area contributed by atoms with Gasteiger partial charge in [0.15, 0.2) is 11.2 Å². The highest BCUT2D eigenvalue weighted by Gasteiger charge is 2.46. The van der Waals surface area contributed by atoms with Crippen LogP contribution in [-0.2, 0) is 16.0 Å². The van der Waals surface area contributed by atoms with Crippen LogP contribution in [0, 0.1) is 16.7 Å². The van der Waals surface area contributed by atoms with Crippen molar-refractivity contribution in [2.24, 2.45) is 5.41 Å². The van der Waals surface area contributed by atoms with Crippen LogP contribution in [0.25, 0.3) is 0 Å². The number of hydrogen-bond donors (Lipinski definition) is 1. The van der Waals surface area contributed by atoms with E-state index in [1.54, 1.807) is 18.2 Å². The number of nitrogens with zero attached hydrogens (tertiary/aromatic N) is 1. The minimum Gasteiger partial charge on any atom is -0.377 e. The van der Waals surface area contributed by atoms with Crippen molar-refractivity contribution in [3.05, 3.63) is 29.3 Å². The third-order valence-corrected chi connectivity index (χ3v) is 3.61. The molecule has 1 fully saturated rings. The van der Waals surface area contributed by atoms with Crippen molar-refractivity contribution in [1.29, 1.82) is 5.26 Å². The minimum absolute atomic E-state index is 0.00698. The molecule has 5 nitrogen and oxygen atoms in total. The summed E-state index contributed by atoms with van der Waals surface area (Å²) in [6.45, 7) is 0.326. The molecule has 0 bridgehead atoms. The molecule has 5 heteroatoms. The van der Waals surface area contributed by atoms with Gasteiger partial charge in [0.2, 0.25) is 5.91 Å². The van der Waals surface area contributed by atoms with Crippen LogP contribution < -0.4 is 5.32 Å². The van der Waals surface area contributed by atoms with E-state index in [2.05, 4.69) is 11.4 Å². The molecule has 19 heavy (non-hydrogen) atoms. The average Bonchev–Trinajstić information content (AvgIpc) is 2.37. The average molecular weight is 256 g/mol. The molecule has 0 aromatic heterocycles. The first-order valence-corrected chi connectivity index (χ1v) is 6.11. The summed E-state index contributed by atoms with van der Waals surface area (Å²) in [7, 11) is 0. The molecule has 96 valence electrons. The zero-order valence-corrected chi connectivity index (χ0v) is 10.2. The second-order valence-electron chi connectivity index (χ2n) is 4.94. The van der Waals surface area contributed by atoms with Crippen LogP contribution in [0.4, 0.5) is 5.69 Å². The van der Waals surface area contributed by atoms with Crippen molar-refractivity contribution < 1.29 is 14.3 Å². The number of anilines is 1. The van der Waals surface area contributed by atoms with E-state index in [-0.39, 0.29) is 24.9 Å². The first kappa shape index (κ1) is 11.9. The van der Waals surface area contributed by atoms with Crippen LogP contribution in [0.1, 0.15) is 22.3 Å². The molecular weight excluding hydrogens is 244 g/mol. The van der Waals surface area contributed by atoms with Crippen LogP contribution >= 0.6 is 0 Å². The first-order chi connectivity index (χ1) is 9.14. The third kappa shape index (κ3) is 1.81.